The number of allylic oxidation sites excluding steroid dienone is 1. The molecule has 4 nitrogen and oxygen atoms in total. The second-order valence-electron chi connectivity index (χ2n) is 6.31. The molecule has 0 bridgehead atoms. The molecule has 0 atom stereocenters. The summed E-state index contributed by atoms with van der Waals surface area (Å²) in [5, 5.41) is 0.556. The number of hydrogen-bond donors (Lipinski definition) is 0. The molecule has 2 heterocycles. The van der Waals surface area contributed by atoms with Gasteiger partial charge in [-0.25, -0.2) is 0 Å². The normalized spacial score (nSPS) is 19.8. The summed E-state index contributed by atoms with van der Waals surface area (Å²) in [5.74, 6) is 0.747. The maximum absolute atomic E-state index is 12.6. The highest BCUT2D eigenvalue weighted by Crippen LogP contribution is 2.42. The Hall–Kier alpha value is -1.81. The molecule has 2 aliphatic heterocycles. The van der Waals surface area contributed by atoms with E-state index in [1.807, 2.05) is 24.8 Å². The van der Waals surface area contributed by atoms with E-state index in [-0.39, 0.29) is 11.7 Å². The van der Waals surface area contributed by atoms with Crippen molar-refractivity contribution in [1.82, 2.24) is 4.90 Å². The molecule has 1 fully saturated rings. The van der Waals surface area contributed by atoms with E-state index in [0.29, 0.717) is 48.7 Å². The Balaban J connectivity index is 1.81. The van der Waals surface area contributed by atoms with E-state index >= 15 is 0 Å². The Morgan fingerprint density at radius 2 is 2.04 bits per heavy atom. The molecule has 1 spiro atoms. The number of ether oxygens (including phenoxy) is 1. The first kappa shape index (κ1) is 16.1. The van der Waals surface area contributed by atoms with Gasteiger partial charge < -0.3 is 9.64 Å². The van der Waals surface area contributed by atoms with Crippen LogP contribution in [0.2, 0.25) is 5.02 Å². The Morgan fingerprint density at radius 3 is 2.70 bits per heavy atom. The number of ketones is 1. The highest BCUT2D eigenvalue weighted by Gasteiger charge is 2.44. The zero-order chi connectivity index (χ0) is 16.6. The number of likely N-dealkylation sites (tertiary alicyclic amines) is 1. The molecule has 1 aromatic rings. The Kier molecular flexibility index (Phi) is 4.19. The highest BCUT2D eigenvalue weighted by atomic mass is 35.5. The number of Topliss-reactive ketones (excluding diaryl/α,β-unsaturated/α-hetero) is 1. The van der Waals surface area contributed by atoms with Gasteiger partial charge in [-0.2, -0.15) is 0 Å². The maximum atomic E-state index is 12.6. The lowest BCUT2D eigenvalue weighted by Crippen LogP contribution is -2.52. The average Bonchev–Trinajstić information content (AvgIpc) is 2.50. The molecule has 122 valence electrons. The summed E-state index contributed by atoms with van der Waals surface area (Å²) < 4.78 is 6.27. The second-order valence-corrected chi connectivity index (χ2v) is 6.75. The Labute approximate surface area is 141 Å². The minimum atomic E-state index is -0.491. The highest BCUT2D eigenvalue weighted by molar-refractivity contribution is 6.31. The summed E-state index contributed by atoms with van der Waals surface area (Å²) in [6.07, 6.45) is 5.02. The van der Waals surface area contributed by atoms with Gasteiger partial charge >= 0.3 is 0 Å². The van der Waals surface area contributed by atoms with Gasteiger partial charge in [0.15, 0.2) is 5.78 Å². The van der Waals surface area contributed by atoms with Crippen molar-refractivity contribution in [3.63, 3.8) is 0 Å². The van der Waals surface area contributed by atoms with Crippen LogP contribution < -0.4 is 4.74 Å². The van der Waals surface area contributed by atoms with Gasteiger partial charge in [0.05, 0.1) is 12.0 Å². The molecule has 3 rings (SSSR count). The molecule has 5 heteroatoms. The molecule has 23 heavy (non-hydrogen) atoms. The van der Waals surface area contributed by atoms with E-state index in [1.165, 1.54) is 0 Å². The summed E-state index contributed by atoms with van der Waals surface area (Å²) in [4.78, 5) is 26.3. The van der Waals surface area contributed by atoms with Gasteiger partial charge in [-0.15, -0.1) is 0 Å². The number of fused-ring (bicyclic) bond motifs is 1. The van der Waals surface area contributed by atoms with Crippen molar-refractivity contribution in [3.05, 3.63) is 40.4 Å². The van der Waals surface area contributed by atoms with Gasteiger partial charge in [0.2, 0.25) is 5.91 Å². The van der Waals surface area contributed by atoms with Gasteiger partial charge in [-0.1, -0.05) is 17.7 Å². The number of hydrogen-bond acceptors (Lipinski definition) is 3. The summed E-state index contributed by atoms with van der Waals surface area (Å²) >= 11 is 6.05. The number of rotatable bonds is 1. The van der Waals surface area contributed by atoms with Gasteiger partial charge in [0.1, 0.15) is 11.4 Å². The number of benzene rings is 1. The molecular formula is C18H20ClNO3. The number of nitrogens with zero attached hydrogens (tertiary/aromatic N) is 1. The average molecular weight is 334 g/mol. The lowest BCUT2D eigenvalue weighted by Gasteiger charge is -2.44. The van der Waals surface area contributed by atoms with Crippen molar-refractivity contribution in [2.75, 3.05) is 13.1 Å². The molecule has 0 saturated carbocycles. The Bertz CT molecular complexity index is 688. The number of piperidine rings is 1. The van der Waals surface area contributed by atoms with Crippen LogP contribution >= 0.6 is 11.6 Å². The first-order valence-corrected chi connectivity index (χ1v) is 8.26. The first-order valence-electron chi connectivity index (χ1n) is 7.88. The molecule has 0 aromatic heterocycles. The van der Waals surface area contributed by atoms with Crippen LogP contribution in [0.5, 0.6) is 5.75 Å². The van der Waals surface area contributed by atoms with Crippen LogP contribution in [0, 0.1) is 6.92 Å². The van der Waals surface area contributed by atoms with Crippen LogP contribution in [0.3, 0.4) is 0 Å². The van der Waals surface area contributed by atoms with E-state index in [0.717, 1.165) is 5.56 Å². The minimum absolute atomic E-state index is 0.0212. The van der Waals surface area contributed by atoms with Crippen molar-refractivity contribution in [2.24, 2.45) is 0 Å². The third-order valence-electron chi connectivity index (χ3n) is 4.64. The van der Waals surface area contributed by atoms with Crippen molar-refractivity contribution >= 4 is 23.3 Å². The van der Waals surface area contributed by atoms with Crippen molar-refractivity contribution in [2.45, 2.75) is 38.7 Å². The van der Waals surface area contributed by atoms with Crippen LogP contribution in [0.15, 0.2) is 24.3 Å². The molecule has 0 radical (unpaired) electrons. The summed E-state index contributed by atoms with van der Waals surface area (Å²) in [7, 11) is 0. The topological polar surface area (TPSA) is 46.6 Å². The standard InChI is InChI=1S/C18H20ClNO3/c1-3-4-16(22)20-7-5-18(6-8-20)11-15(21)14-10-13(19)9-12(2)17(14)23-18/h3-4,9-10H,5-8,11H2,1-2H3/b4-3+. The number of carbonyl (C=O) groups is 2. The maximum Gasteiger partial charge on any atom is 0.246 e. The SMILES string of the molecule is C/C=C/C(=O)N1CCC2(CC1)CC(=O)c1cc(Cl)cc(C)c1O2. The fourth-order valence-corrected chi connectivity index (χ4v) is 3.65. The fraction of sp³-hybridized carbons (Fsp3) is 0.444. The van der Waals surface area contributed by atoms with E-state index in [1.54, 1.807) is 18.2 Å². The van der Waals surface area contributed by atoms with Crippen LogP contribution in [0.1, 0.15) is 42.1 Å². The molecule has 0 aliphatic carbocycles. The third-order valence-corrected chi connectivity index (χ3v) is 4.85. The first-order chi connectivity index (χ1) is 10.9. The Morgan fingerprint density at radius 1 is 1.35 bits per heavy atom. The molecule has 0 unspecified atom stereocenters. The van der Waals surface area contributed by atoms with Crippen LogP contribution in [0.25, 0.3) is 0 Å². The van der Waals surface area contributed by atoms with Gasteiger partial charge in [-0.05, 0) is 37.6 Å². The lowest BCUT2D eigenvalue weighted by atomic mass is 9.82. The minimum Gasteiger partial charge on any atom is -0.486 e. The molecule has 1 aromatic carbocycles. The number of halogens is 1. The van der Waals surface area contributed by atoms with Crippen molar-refractivity contribution in [3.8, 4) is 5.75 Å². The second kappa shape index (κ2) is 6.00. The van der Waals surface area contributed by atoms with Crippen molar-refractivity contribution < 1.29 is 14.3 Å². The monoisotopic (exact) mass is 333 g/mol. The van der Waals surface area contributed by atoms with Crippen molar-refractivity contribution in [1.29, 1.82) is 0 Å². The molecule has 1 amide bonds. The zero-order valence-electron chi connectivity index (χ0n) is 13.4. The molecular weight excluding hydrogens is 314 g/mol. The molecule has 2 aliphatic rings. The largest absolute Gasteiger partial charge is 0.486 e. The summed E-state index contributed by atoms with van der Waals surface area (Å²) in [5.41, 5.74) is 0.968. The quantitative estimate of drug-likeness (QED) is 0.738. The van der Waals surface area contributed by atoms with E-state index in [9.17, 15) is 9.59 Å². The lowest BCUT2D eigenvalue weighted by molar-refractivity contribution is -0.129. The van der Waals surface area contributed by atoms with Gasteiger partial charge in [-0.3, -0.25) is 9.59 Å². The van der Waals surface area contributed by atoms with E-state index in [4.69, 9.17) is 16.3 Å². The van der Waals surface area contributed by atoms with Crippen LogP contribution in [-0.4, -0.2) is 35.3 Å². The summed E-state index contributed by atoms with van der Waals surface area (Å²) in [6, 6.07) is 3.50. The number of amides is 1. The van der Waals surface area contributed by atoms with Crippen LogP contribution in [-0.2, 0) is 4.79 Å². The molecule has 0 N–H and O–H groups in total. The van der Waals surface area contributed by atoms with Crippen LogP contribution in [0.4, 0.5) is 0 Å². The third kappa shape index (κ3) is 3.00. The zero-order valence-corrected chi connectivity index (χ0v) is 14.2. The smallest absolute Gasteiger partial charge is 0.246 e. The fourth-order valence-electron chi connectivity index (χ4n) is 3.37. The van der Waals surface area contributed by atoms with Gasteiger partial charge in [0.25, 0.3) is 0 Å². The molecule has 1 saturated heterocycles. The van der Waals surface area contributed by atoms with E-state index < -0.39 is 5.60 Å². The van der Waals surface area contributed by atoms with E-state index in [2.05, 4.69) is 0 Å². The predicted octanol–water partition coefficient (Wildman–Crippen LogP) is 3.55. The van der Waals surface area contributed by atoms with Gasteiger partial charge in [0, 0.05) is 31.0 Å². The predicted molar refractivity (Wildman–Crippen MR) is 89.1 cm³/mol. The number of carbonyl (C=O) groups excluding carboxylic acids is 2. The summed E-state index contributed by atoms with van der Waals surface area (Å²) in [6.45, 7) is 4.95. The number of aryl methyl sites for hydroxylation is 1.